The number of aliphatic hydroxyl groups is 1. The van der Waals surface area contributed by atoms with Crippen molar-refractivity contribution in [3.05, 3.63) is 123 Å². The predicted molar refractivity (Wildman–Crippen MR) is 202 cm³/mol. The molecule has 1 fully saturated rings. The van der Waals surface area contributed by atoms with Crippen molar-refractivity contribution in [3.63, 3.8) is 0 Å². The number of pyridine rings is 1. The third kappa shape index (κ3) is 9.41. The van der Waals surface area contributed by atoms with Gasteiger partial charge in [0.1, 0.15) is 11.9 Å². The number of rotatable bonds is 12. The number of hydrogen-bond acceptors (Lipinski definition) is 8. The van der Waals surface area contributed by atoms with E-state index in [-0.39, 0.29) is 29.9 Å². The standard InChI is InChI=1S/C39H40BrN5O6/c40-31-22-25(23-41-24-35(47)29-11-14-34(46)38-30(29)12-15-36(48)44-38)10-13-33(31)42-37(49)18-21-45-19-16-27(17-20-45)51-39(50)43-32-9-5-4-8-28(32)26-6-2-1-3-7-26/h1-15,22,27,35,41,46-47H,16-21,23-24H2,(H,42,49)(H,43,50)(H,44,48). The number of hydrogen-bond donors (Lipinski definition) is 6. The summed E-state index contributed by atoms with van der Waals surface area (Å²) in [6.07, 6.45) is 0.191. The molecule has 1 saturated heterocycles. The number of aromatic nitrogens is 1. The molecule has 1 aromatic heterocycles. The van der Waals surface area contributed by atoms with Gasteiger partial charge >= 0.3 is 6.09 Å². The fourth-order valence-electron chi connectivity index (χ4n) is 6.26. The molecular weight excluding hydrogens is 714 g/mol. The summed E-state index contributed by atoms with van der Waals surface area (Å²) in [6, 6.07) is 29.2. The molecule has 0 aliphatic carbocycles. The number of halogens is 1. The molecule has 0 bridgehead atoms. The van der Waals surface area contributed by atoms with Crippen LogP contribution in [0.5, 0.6) is 5.75 Å². The molecule has 1 atom stereocenters. The Bertz CT molecular complexity index is 2050. The molecule has 0 saturated carbocycles. The molecule has 1 aliphatic heterocycles. The Morgan fingerprint density at radius 3 is 2.47 bits per heavy atom. The summed E-state index contributed by atoms with van der Waals surface area (Å²) in [5, 5.41) is 30.6. The lowest BCUT2D eigenvalue weighted by Crippen LogP contribution is -2.39. The van der Waals surface area contributed by atoms with Crippen LogP contribution >= 0.6 is 15.9 Å². The number of anilines is 2. The molecule has 4 aromatic carbocycles. The van der Waals surface area contributed by atoms with E-state index >= 15 is 0 Å². The molecule has 11 nitrogen and oxygen atoms in total. The zero-order valence-corrected chi connectivity index (χ0v) is 29.5. The number of para-hydroxylation sites is 1. The number of benzene rings is 4. The van der Waals surface area contributed by atoms with Crippen molar-refractivity contribution in [2.75, 3.05) is 36.8 Å². The second-order valence-corrected chi connectivity index (χ2v) is 13.4. The first kappa shape index (κ1) is 35.8. The van der Waals surface area contributed by atoms with Gasteiger partial charge in [0.15, 0.2) is 0 Å². The van der Waals surface area contributed by atoms with Crippen LogP contribution < -0.4 is 21.5 Å². The van der Waals surface area contributed by atoms with Gasteiger partial charge in [-0.25, -0.2) is 4.79 Å². The molecule has 2 heterocycles. The van der Waals surface area contributed by atoms with E-state index in [1.807, 2.05) is 72.8 Å². The largest absolute Gasteiger partial charge is 0.506 e. The fourth-order valence-corrected chi connectivity index (χ4v) is 6.78. The van der Waals surface area contributed by atoms with Gasteiger partial charge < -0.3 is 35.5 Å². The van der Waals surface area contributed by atoms with Crippen molar-refractivity contribution < 1.29 is 24.5 Å². The molecule has 6 rings (SSSR count). The maximum absolute atomic E-state index is 12.8. The Balaban J connectivity index is 0.906. The SMILES string of the molecule is O=C(CCN1CCC(OC(=O)Nc2ccccc2-c2ccccc2)CC1)Nc1ccc(CNCC(O)c2ccc(O)c3[nH]c(=O)ccc23)cc1Br. The lowest BCUT2D eigenvalue weighted by Gasteiger charge is -2.31. The van der Waals surface area contributed by atoms with Crippen molar-refractivity contribution in [3.8, 4) is 16.9 Å². The third-order valence-electron chi connectivity index (χ3n) is 8.95. The van der Waals surface area contributed by atoms with E-state index in [1.165, 1.54) is 12.1 Å². The highest BCUT2D eigenvalue weighted by Gasteiger charge is 2.23. The average Bonchev–Trinajstić information content (AvgIpc) is 3.13. The molecule has 6 N–H and O–H groups in total. The summed E-state index contributed by atoms with van der Waals surface area (Å²) >= 11 is 3.56. The van der Waals surface area contributed by atoms with Crippen LogP contribution in [0.1, 0.15) is 36.5 Å². The summed E-state index contributed by atoms with van der Waals surface area (Å²) in [7, 11) is 0. The van der Waals surface area contributed by atoms with Crippen LogP contribution in [0.2, 0.25) is 0 Å². The molecule has 1 aliphatic rings. The van der Waals surface area contributed by atoms with E-state index in [9.17, 15) is 24.6 Å². The van der Waals surface area contributed by atoms with Crippen LogP contribution in [-0.4, -0.2) is 64.4 Å². The number of H-pyrrole nitrogens is 1. The number of piperidine rings is 1. The van der Waals surface area contributed by atoms with Crippen molar-refractivity contribution in [2.24, 2.45) is 0 Å². The number of phenols is 1. The zero-order valence-electron chi connectivity index (χ0n) is 27.9. The van der Waals surface area contributed by atoms with E-state index in [0.29, 0.717) is 60.2 Å². The fraction of sp³-hybridized carbons (Fsp3) is 0.256. The van der Waals surface area contributed by atoms with Gasteiger partial charge in [-0.15, -0.1) is 0 Å². The molecule has 12 heteroatoms. The molecule has 264 valence electrons. The highest BCUT2D eigenvalue weighted by atomic mass is 79.9. The first-order valence-electron chi connectivity index (χ1n) is 16.9. The number of nitrogens with zero attached hydrogens (tertiary/aromatic N) is 1. The Morgan fingerprint density at radius 2 is 1.69 bits per heavy atom. The summed E-state index contributed by atoms with van der Waals surface area (Å²) in [4.78, 5) is 42.1. The molecule has 51 heavy (non-hydrogen) atoms. The molecule has 5 aromatic rings. The van der Waals surface area contributed by atoms with E-state index in [2.05, 4.69) is 41.8 Å². The topological polar surface area (TPSA) is 156 Å². The van der Waals surface area contributed by atoms with E-state index < -0.39 is 12.2 Å². The van der Waals surface area contributed by atoms with Crippen LogP contribution in [0.15, 0.2) is 106 Å². The van der Waals surface area contributed by atoms with E-state index in [4.69, 9.17) is 4.74 Å². The smallest absolute Gasteiger partial charge is 0.411 e. The van der Waals surface area contributed by atoms with Gasteiger partial charge in [-0.1, -0.05) is 60.7 Å². The minimum absolute atomic E-state index is 0.0564. The number of aromatic hydroxyl groups is 1. The summed E-state index contributed by atoms with van der Waals surface area (Å²) in [5.41, 5.74) is 4.81. The lowest BCUT2D eigenvalue weighted by atomic mass is 10.0. The number of fused-ring (bicyclic) bond motifs is 1. The van der Waals surface area contributed by atoms with Gasteiger partial charge in [0.25, 0.3) is 0 Å². The van der Waals surface area contributed by atoms with Crippen LogP contribution in [0.4, 0.5) is 16.2 Å². The van der Waals surface area contributed by atoms with E-state index in [0.717, 1.165) is 34.3 Å². The lowest BCUT2D eigenvalue weighted by molar-refractivity contribution is -0.116. The van der Waals surface area contributed by atoms with Crippen LogP contribution in [-0.2, 0) is 16.1 Å². The molecule has 1 unspecified atom stereocenters. The first-order valence-corrected chi connectivity index (χ1v) is 17.7. The number of carbonyl (C=O) groups is 2. The van der Waals surface area contributed by atoms with Crippen molar-refractivity contribution >= 4 is 50.2 Å². The number of phenolic OH excluding ortho intramolecular Hbond substituents is 1. The zero-order chi connectivity index (χ0) is 35.7. The number of carbonyl (C=O) groups excluding carboxylic acids is 2. The maximum Gasteiger partial charge on any atom is 0.411 e. The second-order valence-electron chi connectivity index (χ2n) is 12.5. The second kappa shape index (κ2) is 16.8. The van der Waals surface area contributed by atoms with Gasteiger partial charge in [0.2, 0.25) is 11.5 Å². The number of nitrogens with one attached hydrogen (secondary N) is 4. The molecular formula is C39H40BrN5O6. The van der Waals surface area contributed by atoms with Crippen LogP contribution in [0.3, 0.4) is 0 Å². The average molecular weight is 755 g/mol. The Hall–Kier alpha value is -5.01. The van der Waals surface area contributed by atoms with Crippen molar-refractivity contribution in [1.29, 1.82) is 0 Å². The maximum atomic E-state index is 12.8. The summed E-state index contributed by atoms with van der Waals surface area (Å²) in [6.45, 7) is 2.78. The Morgan fingerprint density at radius 1 is 0.922 bits per heavy atom. The monoisotopic (exact) mass is 753 g/mol. The van der Waals surface area contributed by atoms with E-state index in [1.54, 1.807) is 12.1 Å². The number of aliphatic hydroxyl groups excluding tert-OH is 1. The number of aromatic amines is 1. The van der Waals surface area contributed by atoms with Gasteiger partial charge in [-0.3, -0.25) is 14.9 Å². The molecule has 2 amide bonds. The van der Waals surface area contributed by atoms with Crippen LogP contribution in [0, 0.1) is 0 Å². The summed E-state index contributed by atoms with van der Waals surface area (Å²) in [5.74, 6) is -0.152. The van der Waals surface area contributed by atoms with Gasteiger partial charge in [0.05, 0.1) is 23.0 Å². The predicted octanol–water partition coefficient (Wildman–Crippen LogP) is 6.53. The minimum Gasteiger partial charge on any atom is -0.506 e. The number of ether oxygens (including phenoxy) is 1. The number of likely N-dealkylation sites (tertiary alicyclic amines) is 1. The molecule has 0 radical (unpaired) electrons. The van der Waals surface area contributed by atoms with Gasteiger partial charge in [-0.2, -0.15) is 0 Å². The summed E-state index contributed by atoms with van der Waals surface area (Å²) < 4.78 is 6.49. The van der Waals surface area contributed by atoms with Crippen molar-refractivity contribution in [2.45, 2.75) is 38.0 Å². The quantitative estimate of drug-likeness (QED) is 0.0841. The third-order valence-corrected chi connectivity index (χ3v) is 9.61. The minimum atomic E-state index is -0.868. The number of amides is 2. The Labute approximate surface area is 303 Å². The van der Waals surface area contributed by atoms with Crippen molar-refractivity contribution in [1.82, 2.24) is 15.2 Å². The van der Waals surface area contributed by atoms with Gasteiger partial charge in [0, 0.05) is 60.6 Å². The normalized spacial score (nSPS) is 14.2. The van der Waals surface area contributed by atoms with Gasteiger partial charge in [-0.05, 0) is 75.8 Å². The highest BCUT2D eigenvalue weighted by Crippen LogP contribution is 2.30. The molecule has 0 spiro atoms. The van der Waals surface area contributed by atoms with Crippen LogP contribution in [0.25, 0.3) is 22.0 Å². The first-order chi connectivity index (χ1) is 24.7. The Kier molecular flexibility index (Phi) is 11.8. The highest BCUT2D eigenvalue weighted by molar-refractivity contribution is 9.10.